The number of nitrogen functional groups attached to an aromatic ring is 1. The van der Waals surface area contributed by atoms with Crippen LogP contribution >= 0.6 is 0 Å². The van der Waals surface area contributed by atoms with Crippen molar-refractivity contribution in [1.29, 1.82) is 0 Å². The highest BCUT2D eigenvalue weighted by Gasteiger charge is 2.09. The number of nitrogens with two attached hydrogens (primary N) is 1. The molecule has 90 valence electrons. The molecule has 5 heteroatoms. The van der Waals surface area contributed by atoms with E-state index in [0.29, 0.717) is 24.0 Å². The molecule has 0 saturated heterocycles. The SMILES string of the molecule is CCCCOc1ncnc(NC(C)C)c1N. The lowest BCUT2D eigenvalue weighted by Gasteiger charge is -2.13. The van der Waals surface area contributed by atoms with Crippen molar-refractivity contribution in [1.82, 2.24) is 9.97 Å². The Kier molecular flexibility index (Phi) is 4.82. The molecule has 1 aromatic rings. The summed E-state index contributed by atoms with van der Waals surface area (Å²) >= 11 is 0. The summed E-state index contributed by atoms with van der Waals surface area (Å²) in [4.78, 5) is 8.10. The van der Waals surface area contributed by atoms with Gasteiger partial charge in [-0.1, -0.05) is 13.3 Å². The van der Waals surface area contributed by atoms with E-state index in [1.807, 2.05) is 13.8 Å². The smallest absolute Gasteiger partial charge is 0.242 e. The minimum atomic E-state index is 0.278. The molecule has 0 aliphatic rings. The van der Waals surface area contributed by atoms with Crippen molar-refractivity contribution in [2.24, 2.45) is 0 Å². The van der Waals surface area contributed by atoms with E-state index in [1.165, 1.54) is 6.33 Å². The second-order valence-electron chi connectivity index (χ2n) is 3.94. The van der Waals surface area contributed by atoms with Gasteiger partial charge < -0.3 is 15.8 Å². The summed E-state index contributed by atoms with van der Waals surface area (Å²) < 4.78 is 5.48. The Bertz CT molecular complexity index is 328. The molecule has 0 atom stereocenters. The lowest BCUT2D eigenvalue weighted by atomic mass is 10.3. The van der Waals surface area contributed by atoms with Crippen LogP contribution in [0.15, 0.2) is 6.33 Å². The van der Waals surface area contributed by atoms with Gasteiger partial charge in [0.1, 0.15) is 12.0 Å². The van der Waals surface area contributed by atoms with Crippen molar-refractivity contribution in [3.63, 3.8) is 0 Å². The molecule has 5 nitrogen and oxygen atoms in total. The van der Waals surface area contributed by atoms with E-state index in [0.717, 1.165) is 12.8 Å². The quantitative estimate of drug-likeness (QED) is 0.723. The van der Waals surface area contributed by atoms with Crippen LogP contribution in [0, 0.1) is 0 Å². The first kappa shape index (κ1) is 12.5. The number of nitrogens with zero attached hydrogens (tertiary/aromatic N) is 2. The maximum Gasteiger partial charge on any atom is 0.242 e. The number of rotatable bonds is 6. The lowest BCUT2D eigenvalue weighted by Crippen LogP contribution is -2.14. The van der Waals surface area contributed by atoms with Gasteiger partial charge in [0.15, 0.2) is 5.82 Å². The van der Waals surface area contributed by atoms with Gasteiger partial charge in [0.2, 0.25) is 5.88 Å². The molecule has 0 aliphatic heterocycles. The zero-order chi connectivity index (χ0) is 12.0. The number of anilines is 2. The molecule has 1 heterocycles. The minimum Gasteiger partial charge on any atom is -0.476 e. The first-order valence-corrected chi connectivity index (χ1v) is 5.65. The highest BCUT2D eigenvalue weighted by atomic mass is 16.5. The van der Waals surface area contributed by atoms with E-state index in [2.05, 4.69) is 22.2 Å². The van der Waals surface area contributed by atoms with Crippen molar-refractivity contribution >= 4 is 11.5 Å². The molecule has 3 N–H and O–H groups in total. The van der Waals surface area contributed by atoms with E-state index in [9.17, 15) is 0 Å². The van der Waals surface area contributed by atoms with E-state index in [-0.39, 0.29) is 6.04 Å². The van der Waals surface area contributed by atoms with Gasteiger partial charge >= 0.3 is 0 Å². The molecule has 0 bridgehead atoms. The summed E-state index contributed by atoms with van der Waals surface area (Å²) in [5, 5.41) is 3.15. The zero-order valence-corrected chi connectivity index (χ0v) is 10.2. The third-order valence-corrected chi connectivity index (χ3v) is 2.01. The van der Waals surface area contributed by atoms with Gasteiger partial charge in [0.25, 0.3) is 0 Å². The molecule has 0 fully saturated rings. The first-order chi connectivity index (χ1) is 7.65. The van der Waals surface area contributed by atoms with Crippen LogP contribution in [0.5, 0.6) is 5.88 Å². The minimum absolute atomic E-state index is 0.278. The van der Waals surface area contributed by atoms with Gasteiger partial charge in [-0.25, -0.2) is 4.98 Å². The average molecular weight is 224 g/mol. The van der Waals surface area contributed by atoms with Crippen LogP contribution in [0.3, 0.4) is 0 Å². The number of hydrogen-bond acceptors (Lipinski definition) is 5. The maximum atomic E-state index is 5.90. The fourth-order valence-corrected chi connectivity index (χ4v) is 1.20. The van der Waals surface area contributed by atoms with Crippen molar-refractivity contribution in [2.75, 3.05) is 17.7 Å². The maximum absolute atomic E-state index is 5.90. The molecular weight excluding hydrogens is 204 g/mol. The van der Waals surface area contributed by atoms with Gasteiger partial charge in [0, 0.05) is 6.04 Å². The van der Waals surface area contributed by atoms with E-state index in [4.69, 9.17) is 10.5 Å². The Morgan fingerprint density at radius 3 is 2.81 bits per heavy atom. The Morgan fingerprint density at radius 1 is 1.44 bits per heavy atom. The number of ether oxygens (including phenoxy) is 1. The predicted molar refractivity (Wildman–Crippen MR) is 65.6 cm³/mol. The molecular formula is C11H20N4O. The number of aromatic nitrogens is 2. The summed E-state index contributed by atoms with van der Waals surface area (Å²) in [6.45, 7) is 6.80. The molecule has 0 spiro atoms. The summed E-state index contributed by atoms with van der Waals surface area (Å²) in [5.74, 6) is 1.10. The van der Waals surface area contributed by atoms with Crippen molar-refractivity contribution in [2.45, 2.75) is 39.7 Å². The standard InChI is InChI=1S/C11H20N4O/c1-4-5-6-16-11-9(12)10(13-7-14-11)15-8(2)3/h7-8H,4-6,12H2,1-3H3,(H,13,14,15). The lowest BCUT2D eigenvalue weighted by molar-refractivity contribution is 0.299. The van der Waals surface area contributed by atoms with Crippen LogP contribution in [0.25, 0.3) is 0 Å². The first-order valence-electron chi connectivity index (χ1n) is 5.65. The number of unbranched alkanes of at least 4 members (excludes halogenated alkanes) is 1. The van der Waals surface area contributed by atoms with Gasteiger partial charge in [-0.15, -0.1) is 0 Å². The van der Waals surface area contributed by atoms with Crippen LogP contribution in [-0.4, -0.2) is 22.6 Å². The average Bonchev–Trinajstić information content (AvgIpc) is 2.23. The second kappa shape index (κ2) is 6.15. The highest BCUT2D eigenvalue weighted by molar-refractivity contribution is 5.66. The molecule has 0 saturated carbocycles. The monoisotopic (exact) mass is 224 g/mol. The Morgan fingerprint density at radius 2 is 2.19 bits per heavy atom. The van der Waals surface area contributed by atoms with Gasteiger partial charge in [0.05, 0.1) is 6.61 Å². The fourth-order valence-electron chi connectivity index (χ4n) is 1.20. The molecule has 0 unspecified atom stereocenters. The summed E-state index contributed by atoms with van der Waals surface area (Å²) in [6, 6.07) is 0.278. The molecule has 0 aromatic carbocycles. The van der Waals surface area contributed by atoms with Crippen LogP contribution in [0.2, 0.25) is 0 Å². The highest BCUT2D eigenvalue weighted by Crippen LogP contribution is 2.24. The van der Waals surface area contributed by atoms with Crippen molar-refractivity contribution in [3.8, 4) is 5.88 Å². The van der Waals surface area contributed by atoms with Crippen molar-refractivity contribution in [3.05, 3.63) is 6.33 Å². The topological polar surface area (TPSA) is 73.1 Å². The number of nitrogens with one attached hydrogen (secondary N) is 1. The van der Waals surface area contributed by atoms with Crippen LogP contribution < -0.4 is 15.8 Å². The van der Waals surface area contributed by atoms with E-state index < -0.39 is 0 Å². The third kappa shape index (κ3) is 3.56. The Hall–Kier alpha value is -1.52. The molecule has 16 heavy (non-hydrogen) atoms. The zero-order valence-electron chi connectivity index (χ0n) is 10.2. The molecule has 1 aromatic heterocycles. The Balaban J connectivity index is 2.70. The van der Waals surface area contributed by atoms with Crippen LogP contribution in [0.1, 0.15) is 33.6 Å². The van der Waals surface area contributed by atoms with Crippen molar-refractivity contribution < 1.29 is 4.74 Å². The normalized spacial score (nSPS) is 10.5. The van der Waals surface area contributed by atoms with Crippen LogP contribution in [-0.2, 0) is 0 Å². The van der Waals surface area contributed by atoms with Gasteiger partial charge in [-0.05, 0) is 20.3 Å². The largest absolute Gasteiger partial charge is 0.476 e. The van der Waals surface area contributed by atoms with Crippen LogP contribution in [0.4, 0.5) is 11.5 Å². The van der Waals surface area contributed by atoms with E-state index in [1.54, 1.807) is 0 Å². The predicted octanol–water partition coefficient (Wildman–Crippen LogP) is 2.06. The summed E-state index contributed by atoms with van der Waals surface area (Å²) in [5.41, 5.74) is 6.38. The molecule has 0 amide bonds. The summed E-state index contributed by atoms with van der Waals surface area (Å²) in [7, 11) is 0. The molecule has 0 radical (unpaired) electrons. The van der Waals surface area contributed by atoms with Gasteiger partial charge in [-0.3, -0.25) is 0 Å². The molecule has 0 aliphatic carbocycles. The van der Waals surface area contributed by atoms with Gasteiger partial charge in [-0.2, -0.15) is 4.98 Å². The Labute approximate surface area is 96.4 Å². The number of hydrogen-bond donors (Lipinski definition) is 2. The van der Waals surface area contributed by atoms with E-state index >= 15 is 0 Å². The molecule has 1 rings (SSSR count). The second-order valence-corrected chi connectivity index (χ2v) is 3.94. The summed E-state index contributed by atoms with van der Waals surface area (Å²) in [6.07, 6.45) is 3.54. The fraction of sp³-hybridized carbons (Fsp3) is 0.636. The third-order valence-electron chi connectivity index (χ3n) is 2.01.